The average molecular weight is 392 g/mol. The van der Waals surface area contributed by atoms with Crippen LogP contribution in [0.2, 0.25) is 0 Å². The van der Waals surface area contributed by atoms with Crippen molar-refractivity contribution in [1.29, 1.82) is 0 Å². The van der Waals surface area contributed by atoms with Gasteiger partial charge in [-0.05, 0) is 54.9 Å². The molecule has 0 spiro atoms. The molecular weight excluding hydrogens is 362 g/mol. The van der Waals surface area contributed by atoms with Crippen LogP contribution in [0.4, 0.5) is 0 Å². The molecule has 1 atom stereocenters. The van der Waals surface area contributed by atoms with Gasteiger partial charge in [-0.15, -0.1) is 0 Å². The van der Waals surface area contributed by atoms with Crippen molar-refractivity contribution in [3.63, 3.8) is 0 Å². The molecule has 1 aliphatic carbocycles. The van der Waals surface area contributed by atoms with Crippen LogP contribution < -0.4 is 5.32 Å². The number of amides is 2. The topological polar surface area (TPSA) is 62.3 Å². The summed E-state index contributed by atoms with van der Waals surface area (Å²) in [5.74, 6) is 0.452. The quantitative estimate of drug-likeness (QED) is 0.849. The van der Waals surface area contributed by atoms with Gasteiger partial charge in [0, 0.05) is 38.4 Å². The number of carbonyl (C=O) groups is 2. The molecule has 2 fully saturated rings. The van der Waals surface area contributed by atoms with E-state index in [1.165, 1.54) is 0 Å². The Bertz CT molecular complexity index is 879. The molecule has 2 amide bonds. The first-order chi connectivity index (χ1) is 14.1. The van der Waals surface area contributed by atoms with Crippen molar-refractivity contribution < 1.29 is 9.59 Å². The summed E-state index contributed by atoms with van der Waals surface area (Å²) in [4.78, 5) is 32.0. The molecule has 1 N–H and O–H groups in total. The second kappa shape index (κ2) is 8.36. The van der Waals surface area contributed by atoms with Crippen molar-refractivity contribution in [3.8, 4) is 11.1 Å². The minimum atomic E-state index is -0.569. The smallest absolute Gasteiger partial charge is 0.228 e. The maximum Gasteiger partial charge on any atom is 0.228 e. The van der Waals surface area contributed by atoms with Gasteiger partial charge in [-0.25, -0.2) is 0 Å². The zero-order valence-corrected chi connectivity index (χ0v) is 17.1. The van der Waals surface area contributed by atoms with Crippen LogP contribution in [0, 0.1) is 11.3 Å². The molecule has 1 saturated carbocycles. The van der Waals surface area contributed by atoms with Gasteiger partial charge < -0.3 is 10.2 Å². The van der Waals surface area contributed by atoms with Gasteiger partial charge in [-0.1, -0.05) is 36.8 Å². The molecular formula is C24H29N3O2. The van der Waals surface area contributed by atoms with Crippen LogP contribution in [0.15, 0.2) is 48.8 Å². The zero-order chi connectivity index (χ0) is 20.3. The van der Waals surface area contributed by atoms with Crippen LogP contribution in [-0.4, -0.2) is 41.8 Å². The first kappa shape index (κ1) is 19.6. The molecule has 2 aliphatic rings. The molecule has 1 aromatic heterocycles. The van der Waals surface area contributed by atoms with E-state index in [0.29, 0.717) is 13.0 Å². The van der Waals surface area contributed by atoms with Crippen LogP contribution in [0.1, 0.15) is 37.7 Å². The molecule has 5 heteroatoms. The van der Waals surface area contributed by atoms with Crippen LogP contribution in [0.25, 0.3) is 11.1 Å². The fourth-order valence-corrected chi connectivity index (χ4v) is 4.69. The van der Waals surface area contributed by atoms with E-state index in [-0.39, 0.29) is 17.7 Å². The van der Waals surface area contributed by atoms with Gasteiger partial charge in [-0.3, -0.25) is 14.6 Å². The number of nitrogens with zero attached hydrogens (tertiary/aromatic N) is 2. The summed E-state index contributed by atoms with van der Waals surface area (Å²) in [6, 6.07) is 12.3. The van der Waals surface area contributed by atoms with Gasteiger partial charge in [0.05, 0.1) is 5.41 Å². The van der Waals surface area contributed by atoms with E-state index >= 15 is 0 Å². The fourth-order valence-electron chi connectivity index (χ4n) is 4.69. The first-order valence-electron chi connectivity index (χ1n) is 10.6. The standard InChI is InChI=1S/C24H29N3O2/c1-25-23(29)24(11-5-13-27(17-24)22(28)19-7-3-8-19)15-18-6-2-9-20(14-18)21-10-4-12-26-16-21/h2,4,6,9-10,12,14,16,19H,3,5,7-8,11,13,15,17H2,1H3,(H,25,29)/t24-/m0/s1. The molecule has 2 heterocycles. The molecule has 0 unspecified atom stereocenters. The highest BCUT2D eigenvalue weighted by atomic mass is 16.2. The molecule has 5 nitrogen and oxygen atoms in total. The third-order valence-corrected chi connectivity index (χ3v) is 6.52. The van der Waals surface area contributed by atoms with E-state index < -0.39 is 5.41 Å². The van der Waals surface area contributed by atoms with E-state index in [0.717, 1.165) is 55.3 Å². The number of aromatic nitrogens is 1. The van der Waals surface area contributed by atoms with E-state index in [2.05, 4.69) is 28.5 Å². The third kappa shape index (κ3) is 4.04. The summed E-state index contributed by atoms with van der Waals surface area (Å²) < 4.78 is 0. The van der Waals surface area contributed by atoms with Crippen molar-refractivity contribution in [2.45, 2.75) is 38.5 Å². The van der Waals surface area contributed by atoms with Gasteiger partial charge in [-0.2, -0.15) is 0 Å². The Balaban J connectivity index is 1.59. The predicted molar refractivity (Wildman–Crippen MR) is 113 cm³/mol. The lowest BCUT2D eigenvalue weighted by molar-refractivity contribution is -0.146. The largest absolute Gasteiger partial charge is 0.359 e. The summed E-state index contributed by atoms with van der Waals surface area (Å²) in [6.07, 6.45) is 9.06. The van der Waals surface area contributed by atoms with Gasteiger partial charge in [0.1, 0.15) is 0 Å². The number of carbonyl (C=O) groups excluding carboxylic acids is 2. The van der Waals surface area contributed by atoms with Crippen molar-refractivity contribution in [2.75, 3.05) is 20.1 Å². The molecule has 152 valence electrons. The summed E-state index contributed by atoms with van der Waals surface area (Å²) in [7, 11) is 1.70. The van der Waals surface area contributed by atoms with E-state index in [1.807, 2.05) is 29.3 Å². The summed E-state index contributed by atoms with van der Waals surface area (Å²) in [5.41, 5.74) is 2.71. The number of benzene rings is 1. The first-order valence-corrected chi connectivity index (χ1v) is 10.6. The Morgan fingerprint density at radius 2 is 2.00 bits per heavy atom. The minimum Gasteiger partial charge on any atom is -0.359 e. The molecule has 1 aromatic carbocycles. The number of hydrogen-bond donors (Lipinski definition) is 1. The van der Waals surface area contributed by atoms with Gasteiger partial charge in [0.25, 0.3) is 0 Å². The number of piperidine rings is 1. The number of nitrogens with one attached hydrogen (secondary N) is 1. The van der Waals surface area contributed by atoms with Crippen LogP contribution in [-0.2, 0) is 16.0 Å². The zero-order valence-electron chi connectivity index (χ0n) is 17.1. The lowest BCUT2D eigenvalue weighted by atomic mass is 9.73. The van der Waals surface area contributed by atoms with Gasteiger partial charge in [0.2, 0.25) is 11.8 Å². The Kier molecular flexibility index (Phi) is 5.65. The van der Waals surface area contributed by atoms with Crippen LogP contribution in [0.3, 0.4) is 0 Å². The highest BCUT2D eigenvalue weighted by Crippen LogP contribution is 2.37. The van der Waals surface area contributed by atoms with Crippen molar-refractivity contribution in [1.82, 2.24) is 15.2 Å². The molecule has 2 aromatic rings. The number of rotatable bonds is 5. The Labute approximate surface area is 172 Å². The number of hydrogen-bond acceptors (Lipinski definition) is 3. The minimum absolute atomic E-state index is 0.0374. The molecule has 1 saturated heterocycles. The van der Waals surface area contributed by atoms with Gasteiger partial charge in [0.15, 0.2) is 0 Å². The van der Waals surface area contributed by atoms with Crippen molar-refractivity contribution in [3.05, 3.63) is 54.4 Å². The molecule has 4 rings (SSSR count). The highest BCUT2D eigenvalue weighted by Gasteiger charge is 2.44. The average Bonchev–Trinajstić information content (AvgIpc) is 2.73. The predicted octanol–water partition coefficient (Wildman–Crippen LogP) is 3.45. The number of likely N-dealkylation sites (tertiary alicyclic amines) is 1. The third-order valence-electron chi connectivity index (χ3n) is 6.52. The Hall–Kier alpha value is -2.69. The van der Waals surface area contributed by atoms with Crippen molar-refractivity contribution in [2.24, 2.45) is 11.3 Å². The maximum absolute atomic E-state index is 13.0. The van der Waals surface area contributed by atoms with E-state index in [9.17, 15) is 9.59 Å². The SMILES string of the molecule is CNC(=O)[C@]1(Cc2cccc(-c3cccnc3)c2)CCCN(C(=O)C2CCC2)C1. The monoisotopic (exact) mass is 391 g/mol. The second-order valence-corrected chi connectivity index (χ2v) is 8.47. The summed E-state index contributed by atoms with van der Waals surface area (Å²) in [5, 5.41) is 2.87. The normalized spacial score (nSPS) is 22.0. The lowest BCUT2D eigenvalue weighted by Crippen LogP contribution is -2.55. The van der Waals surface area contributed by atoms with E-state index in [1.54, 1.807) is 13.2 Å². The van der Waals surface area contributed by atoms with Gasteiger partial charge >= 0.3 is 0 Å². The lowest BCUT2D eigenvalue weighted by Gasteiger charge is -2.43. The highest BCUT2D eigenvalue weighted by molar-refractivity contribution is 5.85. The fraction of sp³-hybridized carbons (Fsp3) is 0.458. The number of pyridine rings is 1. The summed E-state index contributed by atoms with van der Waals surface area (Å²) >= 11 is 0. The second-order valence-electron chi connectivity index (χ2n) is 8.47. The summed E-state index contributed by atoms with van der Waals surface area (Å²) in [6.45, 7) is 1.28. The molecule has 0 radical (unpaired) electrons. The van der Waals surface area contributed by atoms with E-state index in [4.69, 9.17) is 0 Å². The van der Waals surface area contributed by atoms with Crippen molar-refractivity contribution >= 4 is 11.8 Å². The Morgan fingerprint density at radius 3 is 2.69 bits per heavy atom. The Morgan fingerprint density at radius 1 is 1.17 bits per heavy atom. The van der Waals surface area contributed by atoms with Crippen LogP contribution in [0.5, 0.6) is 0 Å². The maximum atomic E-state index is 13.0. The molecule has 0 bridgehead atoms. The van der Waals surface area contributed by atoms with Crippen LogP contribution >= 0.6 is 0 Å². The molecule has 1 aliphatic heterocycles. The molecule has 29 heavy (non-hydrogen) atoms.